The maximum atomic E-state index is 14.7. The number of hydrogen-bond donors (Lipinski definition) is 1. The predicted octanol–water partition coefficient (Wildman–Crippen LogP) is 8.03. The van der Waals surface area contributed by atoms with Crippen molar-refractivity contribution >= 4 is 29.2 Å². The number of hydrogen-bond acceptors (Lipinski definition) is 8. The smallest absolute Gasteiger partial charge is 0.410 e. The Hall–Kier alpha value is -3.50. The highest BCUT2D eigenvalue weighted by molar-refractivity contribution is 7.15. The van der Waals surface area contributed by atoms with E-state index in [4.69, 9.17) is 14.5 Å². The monoisotopic (exact) mass is 700 g/mol. The normalized spacial score (nSPS) is 27.6. The number of pyridine rings is 1. The molecule has 1 saturated heterocycles. The van der Waals surface area contributed by atoms with Crippen molar-refractivity contribution in [1.29, 1.82) is 0 Å². The largest absolute Gasteiger partial charge is 0.496 e. The Bertz CT molecular complexity index is 1670. The van der Waals surface area contributed by atoms with Gasteiger partial charge in [0, 0.05) is 37.3 Å². The Kier molecular flexibility index (Phi) is 9.96. The molecule has 4 aliphatic carbocycles. The molecule has 2 aromatic heterocycles. The Morgan fingerprint density at radius 3 is 2.36 bits per heavy atom. The van der Waals surface area contributed by atoms with Crippen molar-refractivity contribution in [3.8, 4) is 16.2 Å². The van der Waals surface area contributed by atoms with Crippen LogP contribution in [0.4, 0.5) is 10.6 Å². The zero-order chi connectivity index (χ0) is 35.0. The Labute approximate surface area is 300 Å². The van der Waals surface area contributed by atoms with Gasteiger partial charge in [-0.25, -0.2) is 14.8 Å². The van der Waals surface area contributed by atoms with Crippen LogP contribution >= 0.6 is 11.3 Å². The van der Waals surface area contributed by atoms with E-state index in [-0.39, 0.29) is 47.5 Å². The number of methoxy groups -OCH3 is 1. The van der Waals surface area contributed by atoms with E-state index in [0.717, 1.165) is 72.0 Å². The van der Waals surface area contributed by atoms with Gasteiger partial charge in [0.15, 0.2) is 0 Å². The van der Waals surface area contributed by atoms with Crippen LogP contribution in [-0.4, -0.2) is 70.9 Å². The lowest BCUT2D eigenvalue weighted by Crippen LogP contribution is -2.54. The minimum atomic E-state index is -0.342. The number of aliphatic hydroxyl groups excluding tert-OH is 1. The van der Waals surface area contributed by atoms with Crippen molar-refractivity contribution in [2.45, 2.75) is 115 Å². The number of rotatable bonds is 10. The summed E-state index contributed by atoms with van der Waals surface area (Å²) in [5, 5.41) is 10.6. The first-order valence-corrected chi connectivity index (χ1v) is 19.4. The molecule has 1 N–H and O–H groups in total. The number of benzene rings is 1. The van der Waals surface area contributed by atoms with Gasteiger partial charge in [0.2, 0.25) is 5.91 Å². The Balaban J connectivity index is 1.09. The molecule has 5 aliphatic rings. The Morgan fingerprint density at radius 1 is 1.02 bits per heavy atom. The summed E-state index contributed by atoms with van der Waals surface area (Å²) < 4.78 is 11.4. The van der Waals surface area contributed by atoms with Crippen molar-refractivity contribution in [2.75, 3.05) is 31.7 Å². The lowest BCUT2D eigenvalue weighted by atomic mass is 9.51. The second-order valence-electron chi connectivity index (χ2n) is 15.7. The minimum absolute atomic E-state index is 0.0348. The first-order valence-electron chi connectivity index (χ1n) is 18.6. The fraction of sp³-hybridized carbons (Fsp3) is 0.600. The van der Waals surface area contributed by atoms with Crippen molar-refractivity contribution in [3.63, 3.8) is 0 Å². The number of fused-ring (bicyclic) bond motifs is 3. The van der Waals surface area contributed by atoms with Gasteiger partial charge < -0.3 is 19.5 Å². The minimum Gasteiger partial charge on any atom is -0.496 e. The maximum absolute atomic E-state index is 14.7. The third-order valence-electron chi connectivity index (χ3n) is 12.4. The molecule has 268 valence electrons. The van der Waals surface area contributed by atoms with E-state index in [0.29, 0.717) is 44.7 Å². The molecule has 2 bridgehead atoms. The van der Waals surface area contributed by atoms with Gasteiger partial charge in [-0.2, -0.15) is 0 Å². The van der Waals surface area contributed by atoms with E-state index in [1.54, 1.807) is 23.3 Å². The van der Waals surface area contributed by atoms with Crippen LogP contribution in [0, 0.1) is 18.3 Å². The molecule has 9 nitrogen and oxygen atoms in total. The highest BCUT2D eigenvalue weighted by Crippen LogP contribution is 2.58. The van der Waals surface area contributed by atoms with Gasteiger partial charge in [-0.05, 0) is 123 Å². The summed E-state index contributed by atoms with van der Waals surface area (Å²) in [5.74, 6) is 2.00. The summed E-state index contributed by atoms with van der Waals surface area (Å²) in [6, 6.07) is 10.7. The first kappa shape index (κ1) is 34.9. The average molecular weight is 701 g/mol. The fourth-order valence-electron chi connectivity index (χ4n) is 8.89. The third kappa shape index (κ3) is 6.77. The number of aromatic nitrogens is 2. The lowest BCUT2D eigenvalue weighted by molar-refractivity contribution is -0.124. The standard InChI is InChI=1S/C40H52N4O5S/c1-26(2)36-42-23-34(50-36)29-11-19-41-35(22-29)44(37(46)28-5-8-32(9-6-28)49-38(47)43-20-12-31(43)24-45)25-39-13-16-40(17-14-39,18-15-39)30-7-10-33(48-4)27(3)21-30/h7,10-11,19,21-23,26,28,31-32,45H,5-6,8-9,12-18,20,24-25H2,1-4H3/t28?,31-,32?,39?,40?/m0/s1. The molecule has 0 spiro atoms. The molecule has 2 amide bonds. The highest BCUT2D eigenvalue weighted by atomic mass is 32.1. The number of carbonyl (C=O) groups is 2. The number of aliphatic hydroxyl groups is 1. The highest BCUT2D eigenvalue weighted by Gasteiger charge is 2.51. The van der Waals surface area contributed by atoms with Crippen LogP contribution in [0.2, 0.25) is 0 Å². The number of ether oxygens (including phenoxy) is 2. The maximum Gasteiger partial charge on any atom is 0.410 e. The zero-order valence-corrected chi connectivity index (χ0v) is 30.8. The van der Waals surface area contributed by atoms with E-state index in [1.165, 1.54) is 11.1 Å². The van der Waals surface area contributed by atoms with E-state index in [9.17, 15) is 14.7 Å². The summed E-state index contributed by atoms with van der Waals surface area (Å²) in [7, 11) is 1.73. The molecule has 3 heterocycles. The molecule has 1 aliphatic heterocycles. The molecule has 8 rings (SSSR count). The van der Waals surface area contributed by atoms with Crippen molar-refractivity contribution in [1.82, 2.24) is 14.9 Å². The summed E-state index contributed by atoms with van der Waals surface area (Å²) in [4.78, 5) is 41.6. The summed E-state index contributed by atoms with van der Waals surface area (Å²) in [5.41, 5.74) is 3.90. The molecular weight excluding hydrogens is 649 g/mol. The molecule has 0 unspecified atom stereocenters. The summed E-state index contributed by atoms with van der Waals surface area (Å²) in [6.45, 7) is 7.71. The van der Waals surface area contributed by atoms with Gasteiger partial charge in [0.25, 0.3) is 0 Å². The van der Waals surface area contributed by atoms with E-state index in [1.807, 2.05) is 23.4 Å². The van der Waals surface area contributed by atoms with Crippen LogP contribution < -0.4 is 9.64 Å². The van der Waals surface area contributed by atoms with Gasteiger partial charge in [-0.1, -0.05) is 26.0 Å². The van der Waals surface area contributed by atoms with Crippen LogP contribution in [0.3, 0.4) is 0 Å². The second-order valence-corrected chi connectivity index (χ2v) is 16.7. The van der Waals surface area contributed by atoms with Crippen LogP contribution in [0.15, 0.2) is 42.7 Å². The molecular formula is C40H52N4O5S. The lowest BCUT2D eigenvalue weighted by Gasteiger charge is -2.55. The van der Waals surface area contributed by atoms with Crippen molar-refractivity contribution in [3.05, 3.63) is 58.9 Å². The zero-order valence-electron chi connectivity index (χ0n) is 30.0. The summed E-state index contributed by atoms with van der Waals surface area (Å²) in [6.07, 6.45) is 13.3. The van der Waals surface area contributed by atoms with Crippen LogP contribution in [0.5, 0.6) is 5.75 Å². The number of amides is 2. The Morgan fingerprint density at radius 2 is 1.76 bits per heavy atom. The summed E-state index contributed by atoms with van der Waals surface area (Å²) >= 11 is 1.70. The van der Waals surface area contributed by atoms with E-state index in [2.05, 4.69) is 50.0 Å². The van der Waals surface area contributed by atoms with Gasteiger partial charge in [-0.3, -0.25) is 9.69 Å². The molecule has 1 atom stereocenters. The number of nitrogens with zero attached hydrogens (tertiary/aromatic N) is 4. The number of likely N-dealkylation sites (tertiary alicyclic amines) is 1. The molecule has 50 heavy (non-hydrogen) atoms. The molecule has 3 aromatic rings. The van der Waals surface area contributed by atoms with Crippen molar-refractivity contribution < 1.29 is 24.2 Å². The van der Waals surface area contributed by atoms with E-state index < -0.39 is 0 Å². The van der Waals surface area contributed by atoms with Crippen molar-refractivity contribution in [2.24, 2.45) is 11.3 Å². The van der Waals surface area contributed by atoms with Crippen LogP contribution in [-0.2, 0) is 14.9 Å². The average Bonchev–Trinajstić information content (AvgIpc) is 3.63. The third-order valence-corrected chi connectivity index (χ3v) is 13.7. The molecule has 4 saturated carbocycles. The topological polar surface area (TPSA) is 105 Å². The second kappa shape index (κ2) is 14.3. The SMILES string of the molecule is COc1ccc(C23CCC(CN(C(=O)C4CCC(OC(=O)N5CC[C@H]5CO)CC4)c4cc(-c5cnc(C(C)C)s5)ccn4)(CC2)CC3)cc1C. The van der Waals surface area contributed by atoms with Crippen LogP contribution in [0.1, 0.15) is 107 Å². The van der Waals surface area contributed by atoms with Crippen LogP contribution in [0.25, 0.3) is 10.4 Å². The number of thiazole rings is 1. The molecule has 5 fully saturated rings. The molecule has 1 aromatic carbocycles. The van der Waals surface area contributed by atoms with Gasteiger partial charge in [-0.15, -0.1) is 11.3 Å². The van der Waals surface area contributed by atoms with Gasteiger partial charge >= 0.3 is 6.09 Å². The quantitative estimate of drug-likeness (QED) is 0.228. The first-order chi connectivity index (χ1) is 24.1. The molecule has 0 radical (unpaired) electrons. The fourth-order valence-corrected chi connectivity index (χ4v) is 9.80. The number of carbonyl (C=O) groups excluding carboxylic acids is 2. The predicted molar refractivity (Wildman–Crippen MR) is 196 cm³/mol. The number of aryl methyl sites for hydroxylation is 1. The van der Waals surface area contributed by atoms with E-state index >= 15 is 0 Å². The van der Waals surface area contributed by atoms with Gasteiger partial charge in [0.05, 0.1) is 29.6 Å². The molecule has 10 heteroatoms. The van der Waals surface area contributed by atoms with Gasteiger partial charge in [0.1, 0.15) is 17.7 Å². The number of anilines is 1.